The molecule has 11 heavy (non-hydrogen) atoms. The lowest BCUT2D eigenvalue weighted by Gasteiger charge is -2.08. The predicted molar refractivity (Wildman–Crippen MR) is 32.4 cm³/mol. The van der Waals surface area contributed by atoms with E-state index in [2.05, 4.69) is 15.9 Å². The minimum atomic E-state index is -1.66. The molecule has 1 unspecified atom stereocenters. The van der Waals surface area contributed by atoms with Crippen molar-refractivity contribution in [2.75, 3.05) is 0 Å². The molecule has 0 aromatic carbocycles. The average molecular weight is 223 g/mol. The highest BCUT2D eigenvalue weighted by atomic mass is 79.9. The largest absolute Gasteiger partial charge is 0.550 e. The fourth-order valence-corrected chi connectivity index (χ4v) is 0.525. The van der Waals surface area contributed by atoms with Gasteiger partial charge < -0.3 is 19.8 Å². The molecule has 0 aliphatic carbocycles. The molecule has 0 amide bonds. The van der Waals surface area contributed by atoms with Gasteiger partial charge in [0.15, 0.2) is 5.78 Å². The van der Waals surface area contributed by atoms with Gasteiger partial charge in [0.05, 0.1) is 5.97 Å². The molecule has 1 atom stereocenters. The number of halogens is 1. The van der Waals surface area contributed by atoms with Crippen LogP contribution >= 0.6 is 15.9 Å². The standard InChI is InChI=1S/C5H5BrO5/c6-4(5(10)11)2(7)1-3(8)9/h4H,1H2,(H,8,9)(H,10,11)/p-2. The first kappa shape index (κ1) is 10.1. The van der Waals surface area contributed by atoms with Gasteiger partial charge in [0.2, 0.25) is 0 Å². The van der Waals surface area contributed by atoms with Crippen LogP contribution in [0, 0.1) is 0 Å². The number of alkyl halides is 1. The second-order valence-corrected chi connectivity index (χ2v) is 2.61. The van der Waals surface area contributed by atoms with E-state index in [4.69, 9.17) is 0 Å². The summed E-state index contributed by atoms with van der Waals surface area (Å²) in [6.45, 7) is 0. The molecule has 0 N–H and O–H groups in total. The van der Waals surface area contributed by atoms with Crippen molar-refractivity contribution in [3.8, 4) is 0 Å². The Morgan fingerprint density at radius 3 is 2.00 bits per heavy atom. The number of hydrogen-bond acceptors (Lipinski definition) is 5. The van der Waals surface area contributed by atoms with Crippen LogP contribution in [0.2, 0.25) is 0 Å². The van der Waals surface area contributed by atoms with Crippen molar-refractivity contribution in [2.24, 2.45) is 0 Å². The molecule has 0 rings (SSSR count). The summed E-state index contributed by atoms with van der Waals surface area (Å²) in [5, 5.41) is 19.7. The maximum absolute atomic E-state index is 10.5. The van der Waals surface area contributed by atoms with Gasteiger partial charge in [-0.3, -0.25) is 4.79 Å². The Bertz CT molecular complexity index is 199. The lowest BCUT2D eigenvalue weighted by atomic mass is 10.2. The molecular weight excluding hydrogens is 220 g/mol. The van der Waals surface area contributed by atoms with E-state index < -0.39 is 29.0 Å². The molecule has 0 aliphatic rings. The number of ketones is 1. The molecule has 6 heteroatoms. The van der Waals surface area contributed by atoms with Crippen LogP contribution in [0.4, 0.5) is 0 Å². The van der Waals surface area contributed by atoms with Crippen LogP contribution in [-0.4, -0.2) is 22.5 Å². The summed E-state index contributed by atoms with van der Waals surface area (Å²) in [5.74, 6) is -4.26. The summed E-state index contributed by atoms with van der Waals surface area (Å²) >= 11 is 2.43. The van der Waals surface area contributed by atoms with Crippen molar-refractivity contribution in [1.29, 1.82) is 0 Å². The zero-order valence-corrected chi connectivity index (χ0v) is 6.79. The Balaban J connectivity index is 4.04. The lowest BCUT2D eigenvalue weighted by Crippen LogP contribution is -2.39. The van der Waals surface area contributed by atoms with Gasteiger partial charge in [0, 0.05) is 12.4 Å². The average Bonchev–Trinajstić information content (AvgIpc) is 1.84. The third kappa shape index (κ3) is 3.72. The second-order valence-electron chi connectivity index (χ2n) is 1.70. The lowest BCUT2D eigenvalue weighted by molar-refractivity contribution is -0.305. The van der Waals surface area contributed by atoms with E-state index >= 15 is 0 Å². The van der Waals surface area contributed by atoms with Crippen LogP contribution in [0.3, 0.4) is 0 Å². The first-order chi connectivity index (χ1) is 4.95. The zero-order chi connectivity index (χ0) is 9.02. The summed E-state index contributed by atoms with van der Waals surface area (Å²) < 4.78 is 0. The Labute approximate surface area is 70.1 Å². The van der Waals surface area contributed by atoms with Crippen molar-refractivity contribution < 1.29 is 24.6 Å². The molecule has 0 aromatic heterocycles. The van der Waals surface area contributed by atoms with Gasteiger partial charge in [-0.05, 0) is 0 Å². The molecule has 0 saturated heterocycles. The Morgan fingerprint density at radius 2 is 1.73 bits per heavy atom. The van der Waals surface area contributed by atoms with Crippen molar-refractivity contribution in [3.63, 3.8) is 0 Å². The van der Waals surface area contributed by atoms with E-state index in [1.165, 1.54) is 0 Å². The summed E-state index contributed by atoms with van der Waals surface area (Å²) in [5.41, 5.74) is 0. The smallest absolute Gasteiger partial charge is 0.157 e. The number of carbonyl (C=O) groups is 3. The van der Waals surface area contributed by atoms with Gasteiger partial charge in [-0.25, -0.2) is 0 Å². The Hall–Kier alpha value is -0.910. The van der Waals surface area contributed by atoms with Crippen LogP contribution in [0.25, 0.3) is 0 Å². The molecule has 0 bridgehead atoms. The van der Waals surface area contributed by atoms with Crippen LogP contribution < -0.4 is 10.2 Å². The summed E-state index contributed by atoms with van der Waals surface area (Å²) in [6.07, 6.45) is -0.927. The molecule has 0 radical (unpaired) electrons. The molecule has 0 fully saturated rings. The van der Waals surface area contributed by atoms with Crippen molar-refractivity contribution in [1.82, 2.24) is 0 Å². The fraction of sp³-hybridized carbons (Fsp3) is 0.400. The quantitative estimate of drug-likeness (QED) is 0.379. The normalized spacial score (nSPS) is 12.1. The first-order valence-electron chi connectivity index (χ1n) is 2.52. The Morgan fingerprint density at radius 1 is 1.27 bits per heavy atom. The van der Waals surface area contributed by atoms with Gasteiger partial charge in [-0.15, -0.1) is 0 Å². The number of carboxylic acids is 2. The maximum atomic E-state index is 10.5. The fourth-order valence-electron chi connectivity index (χ4n) is 0.363. The monoisotopic (exact) mass is 222 g/mol. The number of Topliss-reactive ketones (excluding diaryl/α,β-unsaturated/α-hetero) is 1. The molecular formula is C5H3BrO5-2. The van der Waals surface area contributed by atoms with E-state index in [1.807, 2.05) is 0 Å². The number of carboxylic acid groups (broad SMARTS) is 2. The van der Waals surface area contributed by atoms with E-state index in [0.717, 1.165) is 0 Å². The van der Waals surface area contributed by atoms with Crippen LogP contribution in [-0.2, 0) is 14.4 Å². The van der Waals surface area contributed by atoms with Crippen LogP contribution in [0.15, 0.2) is 0 Å². The van der Waals surface area contributed by atoms with Crippen molar-refractivity contribution in [2.45, 2.75) is 11.2 Å². The summed E-state index contributed by atoms with van der Waals surface area (Å²) in [4.78, 5) is 28.6. The zero-order valence-electron chi connectivity index (χ0n) is 5.20. The SMILES string of the molecule is O=C([O-])CC(=O)C(Br)C(=O)[O-]. The molecule has 0 aromatic rings. The minimum Gasteiger partial charge on any atom is -0.550 e. The van der Waals surface area contributed by atoms with Gasteiger partial charge >= 0.3 is 0 Å². The number of carbonyl (C=O) groups excluding carboxylic acids is 3. The van der Waals surface area contributed by atoms with Crippen molar-refractivity contribution in [3.05, 3.63) is 0 Å². The van der Waals surface area contributed by atoms with E-state index in [9.17, 15) is 24.6 Å². The molecule has 0 aliphatic heterocycles. The topological polar surface area (TPSA) is 97.3 Å². The van der Waals surface area contributed by atoms with Crippen molar-refractivity contribution >= 4 is 33.7 Å². The van der Waals surface area contributed by atoms with Crippen LogP contribution in [0.1, 0.15) is 6.42 Å². The molecule has 5 nitrogen and oxygen atoms in total. The minimum absolute atomic E-state index is 0.927. The molecule has 0 saturated carbocycles. The molecule has 62 valence electrons. The number of rotatable bonds is 4. The Kier molecular flexibility index (Phi) is 3.73. The van der Waals surface area contributed by atoms with Gasteiger partial charge in [0.1, 0.15) is 4.83 Å². The third-order valence-corrected chi connectivity index (χ3v) is 1.69. The van der Waals surface area contributed by atoms with Gasteiger partial charge in [0.25, 0.3) is 0 Å². The summed E-state index contributed by atoms with van der Waals surface area (Å²) in [6, 6.07) is 0. The van der Waals surface area contributed by atoms with Gasteiger partial charge in [-0.2, -0.15) is 0 Å². The van der Waals surface area contributed by atoms with E-state index in [-0.39, 0.29) is 0 Å². The van der Waals surface area contributed by atoms with E-state index in [0.29, 0.717) is 0 Å². The molecule has 0 spiro atoms. The first-order valence-corrected chi connectivity index (χ1v) is 3.44. The highest BCUT2D eigenvalue weighted by Gasteiger charge is 2.15. The van der Waals surface area contributed by atoms with Gasteiger partial charge in [-0.1, -0.05) is 15.9 Å². The molecule has 0 heterocycles. The van der Waals surface area contributed by atoms with Crippen LogP contribution in [0.5, 0.6) is 0 Å². The number of aliphatic carboxylic acids is 2. The summed E-state index contributed by atoms with van der Waals surface area (Å²) in [7, 11) is 0. The number of hydrogen-bond donors (Lipinski definition) is 0. The highest BCUT2D eigenvalue weighted by Crippen LogP contribution is 2.01. The second kappa shape index (κ2) is 4.07. The van der Waals surface area contributed by atoms with E-state index in [1.54, 1.807) is 0 Å². The third-order valence-electron chi connectivity index (χ3n) is 0.808. The maximum Gasteiger partial charge on any atom is 0.157 e. The highest BCUT2D eigenvalue weighted by molar-refractivity contribution is 9.10. The predicted octanol–water partition coefficient (Wildman–Crippen LogP) is -2.79.